The van der Waals surface area contributed by atoms with Gasteiger partial charge >= 0.3 is 0 Å². The van der Waals surface area contributed by atoms with Crippen LogP contribution in [0.1, 0.15) is 32.6 Å². The largest absolute Gasteiger partial charge is 0.493 e. The minimum atomic E-state index is -0.278. The summed E-state index contributed by atoms with van der Waals surface area (Å²) in [5.41, 5.74) is 1.68. The first-order chi connectivity index (χ1) is 13.2. The highest BCUT2D eigenvalue weighted by molar-refractivity contribution is 5.92. The summed E-state index contributed by atoms with van der Waals surface area (Å²) in [5, 5.41) is 2.71. The number of hydrogen-bond donors (Lipinski definition) is 2. The van der Waals surface area contributed by atoms with Crippen LogP contribution in [0.5, 0.6) is 11.5 Å². The number of para-hydroxylation sites is 2. The number of imidazole rings is 1. The number of benzene rings is 2. The molecule has 0 unspecified atom stereocenters. The zero-order chi connectivity index (χ0) is 18.9. The molecule has 0 bridgehead atoms. The molecule has 3 aromatic rings. The Morgan fingerprint density at radius 1 is 1.04 bits per heavy atom. The third kappa shape index (κ3) is 5.74. The molecule has 2 N–H and O–H groups in total. The SMILES string of the molecule is CCCCCCOc1cccc(OCC(=O)Nc2nc3ccccc3[nH]2)c1. The van der Waals surface area contributed by atoms with E-state index in [9.17, 15) is 4.79 Å². The molecular weight excluding hydrogens is 342 g/mol. The Morgan fingerprint density at radius 3 is 2.67 bits per heavy atom. The predicted molar refractivity (Wildman–Crippen MR) is 106 cm³/mol. The standard InChI is InChI=1S/C21H25N3O3/c1-2-3-4-7-13-26-16-9-8-10-17(14-16)27-15-20(25)24-21-22-18-11-5-6-12-19(18)23-21/h5-6,8-12,14H,2-4,7,13,15H2,1H3,(H2,22,23,24,25). The molecule has 2 aromatic carbocycles. The third-order valence-electron chi connectivity index (χ3n) is 4.09. The van der Waals surface area contributed by atoms with Crippen molar-refractivity contribution < 1.29 is 14.3 Å². The van der Waals surface area contributed by atoms with Crippen LogP contribution in [0.15, 0.2) is 48.5 Å². The Bertz CT molecular complexity index is 843. The van der Waals surface area contributed by atoms with Crippen molar-refractivity contribution in [2.45, 2.75) is 32.6 Å². The molecule has 6 heteroatoms. The van der Waals surface area contributed by atoms with Gasteiger partial charge in [0.15, 0.2) is 6.61 Å². The summed E-state index contributed by atoms with van der Waals surface area (Å²) in [6.07, 6.45) is 4.65. The number of fused-ring (bicyclic) bond motifs is 1. The van der Waals surface area contributed by atoms with E-state index in [1.807, 2.05) is 36.4 Å². The quantitative estimate of drug-likeness (QED) is 0.516. The highest BCUT2D eigenvalue weighted by Gasteiger charge is 2.08. The molecule has 0 aliphatic heterocycles. The second-order valence-electron chi connectivity index (χ2n) is 6.32. The molecule has 142 valence electrons. The van der Waals surface area contributed by atoms with Gasteiger partial charge in [0, 0.05) is 6.07 Å². The number of ether oxygens (including phenoxy) is 2. The molecule has 6 nitrogen and oxygen atoms in total. The van der Waals surface area contributed by atoms with Gasteiger partial charge in [-0.3, -0.25) is 10.1 Å². The van der Waals surface area contributed by atoms with Gasteiger partial charge in [-0.05, 0) is 30.7 Å². The minimum Gasteiger partial charge on any atom is -0.493 e. The second-order valence-corrected chi connectivity index (χ2v) is 6.32. The van der Waals surface area contributed by atoms with Crippen LogP contribution < -0.4 is 14.8 Å². The number of H-pyrrole nitrogens is 1. The molecule has 0 fully saturated rings. The molecule has 0 radical (unpaired) electrons. The summed E-state index contributed by atoms with van der Waals surface area (Å²) in [4.78, 5) is 19.5. The van der Waals surface area contributed by atoms with Gasteiger partial charge in [-0.2, -0.15) is 0 Å². The Labute approximate surface area is 158 Å². The Balaban J connectivity index is 1.46. The Morgan fingerprint density at radius 2 is 1.85 bits per heavy atom. The lowest BCUT2D eigenvalue weighted by atomic mass is 10.2. The topological polar surface area (TPSA) is 76.2 Å². The van der Waals surface area contributed by atoms with Crippen molar-refractivity contribution in [3.8, 4) is 11.5 Å². The number of anilines is 1. The predicted octanol–water partition coefficient (Wildman–Crippen LogP) is 4.54. The van der Waals surface area contributed by atoms with E-state index < -0.39 is 0 Å². The van der Waals surface area contributed by atoms with E-state index in [-0.39, 0.29) is 12.5 Å². The number of nitrogens with zero attached hydrogens (tertiary/aromatic N) is 1. The molecule has 0 saturated heterocycles. The number of amides is 1. The maximum atomic E-state index is 12.1. The average molecular weight is 367 g/mol. The maximum Gasteiger partial charge on any atom is 0.264 e. The van der Waals surface area contributed by atoms with Crippen LogP contribution in [0, 0.1) is 0 Å². The summed E-state index contributed by atoms with van der Waals surface area (Å²) >= 11 is 0. The van der Waals surface area contributed by atoms with Crippen molar-refractivity contribution in [2.24, 2.45) is 0 Å². The van der Waals surface area contributed by atoms with Gasteiger partial charge in [0.2, 0.25) is 5.95 Å². The molecule has 1 heterocycles. The molecule has 0 atom stereocenters. The number of rotatable bonds is 10. The Kier molecular flexibility index (Phi) is 6.68. The number of unbranched alkanes of at least 4 members (excludes halogenated alkanes) is 3. The van der Waals surface area contributed by atoms with E-state index in [1.165, 1.54) is 19.3 Å². The van der Waals surface area contributed by atoms with Crippen LogP contribution in [0.25, 0.3) is 11.0 Å². The monoisotopic (exact) mass is 367 g/mol. The fourth-order valence-electron chi connectivity index (χ4n) is 2.70. The summed E-state index contributed by atoms with van der Waals surface area (Å²) in [7, 11) is 0. The molecule has 0 saturated carbocycles. The van der Waals surface area contributed by atoms with Gasteiger partial charge in [0.05, 0.1) is 17.6 Å². The normalized spacial score (nSPS) is 10.7. The number of nitrogens with one attached hydrogen (secondary N) is 2. The number of carbonyl (C=O) groups excluding carboxylic acids is 1. The molecule has 0 aliphatic carbocycles. The fraction of sp³-hybridized carbons (Fsp3) is 0.333. The van der Waals surface area contributed by atoms with Crippen LogP contribution in [0.4, 0.5) is 5.95 Å². The number of aromatic nitrogens is 2. The van der Waals surface area contributed by atoms with E-state index in [2.05, 4.69) is 22.2 Å². The van der Waals surface area contributed by atoms with Gasteiger partial charge in [-0.15, -0.1) is 0 Å². The van der Waals surface area contributed by atoms with E-state index in [0.29, 0.717) is 18.3 Å². The van der Waals surface area contributed by atoms with Gasteiger partial charge in [-0.1, -0.05) is 44.4 Å². The summed E-state index contributed by atoms with van der Waals surface area (Å²) in [5.74, 6) is 1.48. The first kappa shape index (κ1) is 18.8. The summed E-state index contributed by atoms with van der Waals surface area (Å²) in [6.45, 7) is 2.78. The first-order valence-corrected chi connectivity index (χ1v) is 9.35. The van der Waals surface area contributed by atoms with Crippen LogP contribution >= 0.6 is 0 Å². The van der Waals surface area contributed by atoms with Crippen LogP contribution in [-0.4, -0.2) is 29.1 Å². The van der Waals surface area contributed by atoms with Crippen LogP contribution in [0.3, 0.4) is 0 Å². The van der Waals surface area contributed by atoms with Gasteiger partial charge in [-0.25, -0.2) is 4.98 Å². The van der Waals surface area contributed by atoms with E-state index >= 15 is 0 Å². The second kappa shape index (κ2) is 9.62. The average Bonchev–Trinajstić information content (AvgIpc) is 3.09. The third-order valence-corrected chi connectivity index (χ3v) is 4.09. The molecule has 1 aromatic heterocycles. The van der Waals surface area contributed by atoms with E-state index in [0.717, 1.165) is 23.2 Å². The maximum absolute atomic E-state index is 12.1. The summed E-state index contributed by atoms with van der Waals surface area (Å²) < 4.78 is 11.3. The molecular formula is C21H25N3O3. The number of aromatic amines is 1. The van der Waals surface area contributed by atoms with Crippen molar-refractivity contribution in [1.29, 1.82) is 0 Å². The van der Waals surface area contributed by atoms with Crippen molar-refractivity contribution in [3.05, 3.63) is 48.5 Å². The summed E-state index contributed by atoms with van der Waals surface area (Å²) in [6, 6.07) is 14.9. The van der Waals surface area contributed by atoms with Crippen LogP contribution in [-0.2, 0) is 4.79 Å². The van der Waals surface area contributed by atoms with E-state index in [4.69, 9.17) is 9.47 Å². The van der Waals surface area contributed by atoms with Crippen LogP contribution in [0.2, 0.25) is 0 Å². The van der Waals surface area contributed by atoms with Crippen molar-refractivity contribution in [3.63, 3.8) is 0 Å². The number of carbonyl (C=O) groups is 1. The fourth-order valence-corrected chi connectivity index (χ4v) is 2.70. The zero-order valence-electron chi connectivity index (χ0n) is 15.5. The molecule has 0 aliphatic rings. The molecule has 0 spiro atoms. The molecule has 27 heavy (non-hydrogen) atoms. The van der Waals surface area contributed by atoms with E-state index in [1.54, 1.807) is 12.1 Å². The zero-order valence-corrected chi connectivity index (χ0v) is 15.5. The van der Waals surface area contributed by atoms with Gasteiger partial charge in [0.25, 0.3) is 5.91 Å². The van der Waals surface area contributed by atoms with Crippen molar-refractivity contribution >= 4 is 22.9 Å². The first-order valence-electron chi connectivity index (χ1n) is 9.35. The number of hydrogen-bond acceptors (Lipinski definition) is 4. The molecule has 3 rings (SSSR count). The Hall–Kier alpha value is -3.02. The van der Waals surface area contributed by atoms with Gasteiger partial charge < -0.3 is 14.5 Å². The smallest absolute Gasteiger partial charge is 0.264 e. The minimum absolute atomic E-state index is 0.100. The van der Waals surface area contributed by atoms with Gasteiger partial charge in [0.1, 0.15) is 11.5 Å². The van der Waals surface area contributed by atoms with Crippen molar-refractivity contribution in [2.75, 3.05) is 18.5 Å². The highest BCUT2D eigenvalue weighted by Crippen LogP contribution is 2.20. The highest BCUT2D eigenvalue weighted by atomic mass is 16.5. The van der Waals surface area contributed by atoms with Crippen molar-refractivity contribution in [1.82, 2.24) is 9.97 Å². The molecule has 1 amide bonds. The lowest BCUT2D eigenvalue weighted by Gasteiger charge is -2.09. The lowest BCUT2D eigenvalue weighted by molar-refractivity contribution is -0.118. The lowest BCUT2D eigenvalue weighted by Crippen LogP contribution is -2.20.